The smallest absolute Gasteiger partial charge is 0.300 e. The predicted molar refractivity (Wildman–Crippen MR) is 74.8 cm³/mol. The van der Waals surface area contributed by atoms with Gasteiger partial charge < -0.3 is 16.2 Å². The van der Waals surface area contributed by atoms with Gasteiger partial charge in [-0.1, -0.05) is 36.4 Å². The lowest BCUT2D eigenvalue weighted by Crippen LogP contribution is -2.13. The van der Waals surface area contributed by atoms with Crippen molar-refractivity contribution in [1.29, 1.82) is 0 Å². The molecule has 0 aliphatic rings. The van der Waals surface area contributed by atoms with Crippen molar-refractivity contribution in [2.24, 2.45) is 5.73 Å². The van der Waals surface area contributed by atoms with Crippen LogP contribution in [0.15, 0.2) is 42.5 Å². The average Bonchev–Trinajstić information content (AvgIpc) is 2.35. The number of anilines is 1. The van der Waals surface area contributed by atoms with Crippen molar-refractivity contribution in [3.8, 4) is 0 Å². The van der Waals surface area contributed by atoms with Crippen molar-refractivity contribution < 1.29 is 9.90 Å². The second-order valence-electron chi connectivity index (χ2n) is 3.76. The van der Waals surface area contributed by atoms with E-state index in [4.69, 9.17) is 15.6 Å². The Labute approximate surface area is 106 Å². The van der Waals surface area contributed by atoms with Crippen LogP contribution in [-0.2, 0) is 4.79 Å². The maximum atomic E-state index is 9.00. The van der Waals surface area contributed by atoms with E-state index in [1.165, 1.54) is 10.8 Å². The quantitative estimate of drug-likeness (QED) is 0.776. The highest BCUT2D eigenvalue weighted by Gasteiger charge is 1.97. The molecule has 2 rings (SSSR count). The molecule has 96 valence electrons. The van der Waals surface area contributed by atoms with Crippen LogP contribution in [0.2, 0.25) is 0 Å². The summed E-state index contributed by atoms with van der Waals surface area (Å²) in [5.74, 6) is -0.833. The number of aliphatic carboxylic acids is 1. The highest BCUT2D eigenvalue weighted by molar-refractivity contribution is 5.93. The van der Waals surface area contributed by atoms with E-state index in [-0.39, 0.29) is 0 Å². The van der Waals surface area contributed by atoms with Crippen LogP contribution >= 0.6 is 0 Å². The monoisotopic (exact) mass is 246 g/mol. The number of nitrogens with one attached hydrogen (secondary N) is 1. The van der Waals surface area contributed by atoms with Crippen LogP contribution in [0, 0.1) is 0 Å². The lowest BCUT2D eigenvalue weighted by Gasteiger charge is -2.08. The number of carboxylic acid groups (broad SMARTS) is 1. The van der Waals surface area contributed by atoms with E-state index in [0.717, 1.165) is 19.2 Å². The van der Waals surface area contributed by atoms with Crippen LogP contribution in [-0.4, -0.2) is 24.2 Å². The van der Waals surface area contributed by atoms with Crippen molar-refractivity contribution >= 4 is 22.4 Å². The summed E-state index contributed by atoms with van der Waals surface area (Å²) in [6.45, 7) is 2.55. The molecule has 2 aromatic rings. The Morgan fingerprint density at radius 2 is 1.83 bits per heavy atom. The number of benzene rings is 2. The number of fused-ring (bicyclic) bond motifs is 1. The number of rotatable bonds is 3. The van der Waals surface area contributed by atoms with Gasteiger partial charge in [0.25, 0.3) is 5.97 Å². The van der Waals surface area contributed by atoms with E-state index in [1.54, 1.807) is 0 Å². The van der Waals surface area contributed by atoms with E-state index in [0.29, 0.717) is 6.54 Å². The molecular formula is C14H18N2O2. The first-order chi connectivity index (χ1) is 8.65. The first kappa shape index (κ1) is 14.0. The Bertz CT molecular complexity index is 503. The fourth-order valence-electron chi connectivity index (χ4n) is 1.59. The molecule has 0 aromatic heterocycles. The van der Waals surface area contributed by atoms with Gasteiger partial charge in [-0.15, -0.1) is 0 Å². The minimum Gasteiger partial charge on any atom is -0.481 e. The van der Waals surface area contributed by atoms with Gasteiger partial charge in [0.15, 0.2) is 0 Å². The molecule has 0 aliphatic heterocycles. The number of hydrogen-bond acceptors (Lipinski definition) is 3. The van der Waals surface area contributed by atoms with E-state index in [9.17, 15) is 0 Å². The first-order valence-electron chi connectivity index (χ1n) is 5.76. The first-order valence-corrected chi connectivity index (χ1v) is 5.76. The van der Waals surface area contributed by atoms with Gasteiger partial charge in [-0.25, -0.2) is 0 Å². The summed E-state index contributed by atoms with van der Waals surface area (Å²) in [5.41, 5.74) is 6.62. The number of hydrogen-bond donors (Lipinski definition) is 3. The third kappa shape index (κ3) is 4.43. The third-order valence-corrected chi connectivity index (χ3v) is 2.25. The molecule has 0 saturated heterocycles. The van der Waals surface area contributed by atoms with E-state index in [1.807, 2.05) is 0 Å². The maximum absolute atomic E-state index is 9.00. The molecule has 0 radical (unpaired) electrons. The molecule has 0 spiro atoms. The molecule has 0 bridgehead atoms. The van der Waals surface area contributed by atoms with Gasteiger partial charge in [0.2, 0.25) is 0 Å². The Hall–Kier alpha value is -2.07. The van der Waals surface area contributed by atoms with Gasteiger partial charge in [-0.05, 0) is 11.5 Å². The van der Waals surface area contributed by atoms with Gasteiger partial charge in [-0.3, -0.25) is 4.79 Å². The van der Waals surface area contributed by atoms with Gasteiger partial charge in [0, 0.05) is 31.1 Å². The Balaban J connectivity index is 0.000000357. The topological polar surface area (TPSA) is 75.3 Å². The second kappa shape index (κ2) is 7.29. The molecule has 0 fully saturated rings. The molecule has 4 heteroatoms. The van der Waals surface area contributed by atoms with E-state index in [2.05, 4.69) is 47.8 Å². The number of carbonyl (C=O) groups is 1. The average molecular weight is 246 g/mol. The zero-order valence-electron chi connectivity index (χ0n) is 10.4. The molecule has 0 heterocycles. The normalized spacial score (nSPS) is 9.44. The number of nitrogens with two attached hydrogens (primary N) is 1. The molecule has 18 heavy (non-hydrogen) atoms. The lowest BCUT2D eigenvalue weighted by atomic mass is 10.1. The Morgan fingerprint density at radius 3 is 2.50 bits per heavy atom. The molecule has 0 atom stereocenters. The van der Waals surface area contributed by atoms with Gasteiger partial charge in [-0.2, -0.15) is 0 Å². The highest BCUT2D eigenvalue weighted by Crippen LogP contribution is 2.22. The van der Waals surface area contributed by atoms with Crippen molar-refractivity contribution in [2.45, 2.75) is 6.92 Å². The summed E-state index contributed by atoms with van der Waals surface area (Å²) >= 11 is 0. The minimum atomic E-state index is -0.833. The second-order valence-corrected chi connectivity index (χ2v) is 3.76. The molecule has 0 aliphatic carbocycles. The van der Waals surface area contributed by atoms with Crippen LogP contribution < -0.4 is 11.1 Å². The SMILES string of the molecule is CC(=O)O.NCCNc1cccc2ccccc12. The van der Waals surface area contributed by atoms with Crippen molar-refractivity contribution in [3.63, 3.8) is 0 Å². The summed E-state index contributed by atoms with van der Waals surface area (Å²) in [6.07, 6.45) is 0. The molecule has 0 amide bonds. The molecule has 4 nitrogen and oxygen atoms in total. The van der Waals surface area contributed by atoms with Crippen LogP contribution in [0.3, 0.4) is 0 Å². The van der Waals surface area contributed by atoms with Crippen LogP contribution in [0.1, 0.15) is 6.92 Å². The summed E-state index contributed by atoms with van der Waals surface area (Å²) in [7, 11) is 0. The molecule has 4 N–H and O–H groups in total. The van der Waals surface area contributed by atoms with Gasteiger partial charge >= 0.3 is 0 Å². The third-order valence-electron chi connectivity index (χ3n) is 2.25. The summed E-state index contributed by atoms with van der Waals surface area (Å²) in [4.78, 5) is 9.00. The van der Waals surface area contributed by atoms with Crippen molar-refractivity contribution in [3.05, 3.63) is 42.5 Å². The van der Waals surface area contributed by atoms with Crippen LogP contribution in [0.25, 0.3) is 10.8 Å². The predicted octanol–water partition coefficient (Wildman–Crippen LogP) is 2.30. The maximum Gasteiger partial charge on any atom is 0.300 e. The van der Waals surface area contributed by atoms with Crippen LogP contribution in [0.5, 0.6) is 0 Å². The molecule has 2 aromatic carbocycles. The fraction of sp³-hybridized carbons (Fsp3) is 0.214. The standard InChI is InChI=1S/C12H14N2.C2H4O2/c13-8-9-14-12-7-3-5-10-4-1-2-6-11(10)12;1-2(3)4/h1-7,14H,8-9,13H2;1H3,(H,3,4). The Morgan fingerprint density at radius 1 is 1.22 bits per heavy atom. The van der Waals surface area contributed by atoms with Gasteiger partial charge in [0.05, 0.1) is 0 Å². The highest BCUT2D eigenvalue weighted by atomic mass is 16.4. The zero-order valence-corrected chi connectivity index (χ0v) is 10.4. The molecular weight excluding hydrogens is 228 g/mol. The lowest BCUT2D eigenvalue weighted by molar-refractivity contribution is -0.134. The molecule has 0 saturated carbocycles. The zero-order chi connectivity index (χ0) is 13.4. The largest absolute Gasteiger partial charge is 0.481 e. The molecule has 0 unspecified atom stereocenters. The van der Waals surface area contributed by atoms with E-state index < -0.39 is 5.97 Å². The van der Waals surface area contributed by atoms with Crippen molar-refractivity contribution in [2.75, 3.05) is 18.4 Å². The summed E-state index contributed by atoms with van der Waals surface area (Å²) < 4.78 is 0. The Kier molecular flexibility index (Phi) is 5.67. The summed E-state index contributed by atoms with van der Waals surface area (Å²) in [6, 6.07) is 14.6. The van der Waals surface area contributed by atoms with Crippen molar-refractivity contribution in [1.82, 2.24) is 0 Å². The fourth-order valence-corrected chi connectivity index (χ4v) is 1.59. The van der Waals surface area contributed by atoms with E-state index >= 15 is 0 Å². The van der Waals surface area contributed by atoms with Crippen LogP contribution in [0.4, 0.5) is 5.69 Å². The summed E-state index contributed by atoms with van der Waals surface area (Å²) in [5, 5.41) is 13.2. The number of carboxylic acids is 1. The van der Waals surface area contributed by atoms with Gasteiger partial charge in [0.1, 0.15) is 0 Å². The minimum absolute atomic E-state index is 0.656.